The molecule has 5 nitrogen and oxygen atoms in total. The zero-order valence-electron chi connectivity index (χ0n) is 5.74. The van der Waals surface area contributed by atoms with Crippen LogP contribution in [0.2, 0.25) is 0 Å². The van der Waals surface area contributed by atoms with Gasteiger partial charge in [-0.2, -0.15) is 5.10 Å². The number of hydrogen-bond acceptors (Lipinski definition) is 4. The molecule has 0 radical (unpaired) electrons. The molecule has 0 aliphatic heterocycles. The van der Waals surface area contributed by atoms with Crippen LogP contribution in [0.25, 0.3) is 0 Å². The Kier molecular flexibility index (Phi) is 2.43. The van der Waals surface area contributed by atoms with Crippen molar-refractivity contribution in [2.45, 2.75) is 13.0 Å². The van der Waals surface area contributed by atoms with Crippen molar-refractivity contribution in [2.75, 3.05) is 0 Å². The molecule has 0 aromatic carbocycles. The molecule has 0 amide bonds. The van der Waals surface area contributed by atoms with E-state index in [0.29, 0.717) is 5.82 Å². The summed E-state index contributed by atoms with van der Waals surface area (Å²) >= 11 is 4.97. The first kappa shape index (κ1) is 8.00. The molecule has 0 bridgehead atoms. The van der Waals surface area contributed by atoms with Crippen LogP contribution in [-0.2, 0) is 4.74 Å². The number of halogens is 1. The Labute approximate surface area is 67.7 Å². The highest BCUT2D eigenvalue weighted by atomic mass is 35.5. The van der Waals surface area contributed by atoms with Gasteiger partial charge in [-0.3, -0.25) is 5.10 Å². The smallest absolute Gasteiger partial charge is 0.404 e. The van der Waals surface area contributed by atoms with Gasteiger partial charge >= 0.3 is 5.43 Å². The minimum Gasteiger partial charge on any atom is -0.442 e. The van der Waals surface area contributed by atoms with E-state index in [0.717, 1.165) is 0 Å². The second kappa shape index (κ2) is 3.34. The van der Waals surface area contributed by atoms with Crippen molar-refractivity contribution in [3.8, 4) is 0 Å². The molecule has 1 N–H and O–H groups in total. The summed E-state index contributed by atoms with van der Waals surface area (Å²) in [5.41, 5.74) is -0.853. The van der Waals surface area contributed by atoms with E-state index in [9.17, 15) is 4.79 Å². The zero-order valence-corrected chi connectivity index (χ0v) is 6.50. The van der Waals surface area contributed by atoms with Crippen molar-refractivity contribution in [1.82, 2.24) is 15.2 Å². The SMILES string of the molecule is CC(OC(=O)Cl)c1ncn[nH]1. The summed E-state index contributed by atoms with van der Waals surface area (Å²) in [6, 6.07) is 0. The first-order chi connectivity index (χ1) is 5.20. The second-order valence-corrected chi connectivity index (χ2v) is 2.18. The van der Waals surface area contributed by atoms with Crippen LogP contribution in [0.1, 0.15) is 18.9 Å². The molecular formula is C5H6ClN3O2. The van der Waals surface area contributed by atoms with Crippen LogP contribution in [0.3, 0.4) is 0 Å². The molecule has 60 valence electrons. The van der Waals surface area contributed by atoms with Gasteiger partial charge in [-0.1, -0.05) is 0 Å². The number of carbonyl (C=O) groups excluding carboxylic acids is 1. The molecule has 1 aromatic heterocycles. The fourth-order valence-corrected chi connectivity index (χ4v) is 0.739. The number of rotatable bonds is 2. The minimum absolute atomic E-state index is 0.471. The Morgan fingerprint density at radius 1 is 1.91 bits per heavy atom. The fraction of sp³-hybridized carbons (Fsp3) is 0.400. The Morgan fingerprint density at radius 3 is 3.09 bits per heavy atom. The maximum atomic E-state index is 10.2. The van der Waals surface area contributed by atoms with E-state index in [1.165, 1.54) is 6.33 Å². The van der Waals surface area contributed by atoms with E-state index >= 15 is 0 Å². The normalized spacial score (nSPS) is 12.5. The van der Waals surface area contributed by atoms with Gasteiger partial charge in [-0.05, 0) is 6.92 Å². The van der Waals surface area contributed by atoms with Crippen molar-refractivity contribution < 1.29 is 9.53 Å². The molecule has 0 saturated heterocycles. The topological polar surface area (TPSA) is 67.9 Å². The zero-order chi connectivity index (χ0) is 8.27. The highest BCUT2D eigenvalue weighted by Crippen LogP contribution is 2.11. The number of hydrogen-bond donors (Lipinski definition) is 1. The number of carbonyl (C=O) groups is 1. The van der Waals surface area contributed by atoms with E-state index in [1.807, 2.05) is 0 Å². The summed E-state index contributed by atoms with van der Waals surface area (Å²) in [4.78, 5) is 14.0. The molecule has 1 rings (SSSR count). The predicted octanol–water partition coefficient (Wildman–Crippen LogP) is 1.24. The van der Waals surface area contributed by atoms with Crippen LogP contribution in [0.5, 0.6) is 0 Å². The molecular weight excluding hydrogens is 170 g/mol. The van der Waals surface area contributed by atoms with Crippen molar-refractivity contribution in [1.29, 1.82) is 0 Å². The Hall–Kier alpha value is -1.10. The molecule has 11 heavy (non-hydrogen) atoms. The van der Waals surface area contributed by atoms with Crippen LogP contribution in [-0.4, -0.2) is 20.6 Å². The second-order valence-electron chi connectivity index (χ2n) is 1.87. The molecule has 1 atom stereocenters. The monoisotopic (exact) mass is 175 g/mol. The predicted molar refractivity (Wildman–Crippen MR) is 37.1 cm³/mol. The van der Waals surface area contributed by atoms with E-state index in [1.54, 1.807) is 6.92 Å². The number of aromatic amines is 1. The number of aromatic nitrogens is 3. The molecule has 6 heteroatoms. The van der Waals surface area contributed by atoms with Gasteiger partial charge in [0.25, 0.3) is 0 Å². The van der Waals surface area contributed by atoms with Gasteiger partial charge in [0.15, 0.2) is 11.9 Å². The summed E-state index contributed by atoms with van der Waals surface area (Å²) in [6.45, 7) is 1.64. The van der Waals surface area contributed by atoms with E-state index in [-0.39, 0.29) is 0 Å². The van der Waals surface area contributed by atoms with Gasteiger partial charge < -0.3 is 4.74 Å². The maximum Gasteiger partial charge on any atom is 0.404 e. The average Bonchev–Trinajstić information content (AvgIpc) is 2.35. The van der Waals surface area contributed by atoms with Gasteiger partial charge in [0.2, 0.25) is 0 Å². The highest BCUT2D eigenvalue weighted by Gasteiger charge is 2.11. The first-order valence-electron chi connectivity index (χ1n) is 2.91. The van der Waals surface area contributed by atoms with E-state index in [2.05, 4.69) is 19.9 Å². The fourth-order valence-electron chi connectivity index (χ4n) is 0.606. The largest absolute Gasteiger partial charge is 0.442 e. The summed E-state index contributed by atoms with van der Waals surface area (Å²) < 4.78 is 4.59. The first-order valence-corrected chi connectivity index (χ1v) is 3.29. The van der Waals surface area contributed by atoms with Crippen LogP contribution < -0.4 is 0 Å². The molecule has 1 aromatic rings. The van der Waals surface area contributed by atoms with Gasteiger partial charge in [0, 0.05) is 11.6 Å². The molecule has 0 aliphatic carbocycles. The molecule has 0 fully saturated rings. The molecule has 1 heterocycles. The third-order valence-electron chi connectivity index (χ3n) is 1.09. The number of ether oxygens (including phenoxy) is 1. The lowest BCUT2D eigenvalue weighted by atomic mass is 10.4. The molecule has 0 aliphatic rings. The van der Waals surface area contributed by atoms with E-state index in [4.69, 9.17) is 11.6 Å². The molecule has 0 saturated carbocycles. The summed E-state index contributed by atoms with van der Waals surface area (Å²) in [7, 11) is 0. The van der Waals surface area contributed by atoms with Gasteiger partial charge in [0.1, 0.15) is 6.33 Å². The Bertz CT molecular complexity index is 236. The third kappa shape index (κ3) is 2.19. The maximum absolute atomic E-state index is 10.2. The van der Waals surface area contributed by atoms with Crippen molar-refractivity contribution in [3.63, 3.8) is 0 Å². The minimum atomic E-state index is -0.853. The number of H-pyrrole nitrogens is 1. The lowest BCUT2D eigenvalue weighted by Crippen LogP contribution is -2.03. The van der Waals surface area contributed by atoms with Crippen LogP contribution in [0.15, 0.2) is 6.33 Å². The van der Waals surface area contributed by atoms with Crippen molar-refractivity contribution >= 4 is 17.0 Å². The Balaban J connectivity index is 2.56. The lowest BCUT2D eigenvalue weighted by Gasteiger charge is -2.05. The molecule has 0 spiro atoms. The van der Waals surface area contributed by atoms with Gasteiger partial charge in [0.05, 0.1) is 0 Å². The summed E-state index contributed by atoms with van der Waals surface area (Å²) in [6.07, 6.45) is 0.843. The highest BCUT2D eigenvalue weighted by molar-refractivity contribution is 6.61. The standard InChI is InChI=1S/C5H6ClN3O2/c1-3(11-5(6)10)4-7-2-8-9-4/h2-3H,1H3,(H,7,8,9). The summed E-state index contributed by atoms with van der Waals surface area (Å²) in [5.74, 6) is 0.471. The molecule has 1 unspecified atom stereocenters. The number of nitrogens with zero attached hydrogens (tertiary/aromatic N) is 2. The van der Waals surface area contributed by atoms with E-state index < -0.39 is 11.5 Å². The van der Waals surface area contributed by atoms with Crippen LogP contribution in [0, 0.1) is 0 Å². The Morgan fingerprint density at radius 2 is 2.64 bits per heavy atom. The summed E-state index contributed by atoms with van der Waals surface area (Å²) in [5, 5.41) is 6.13. The van der Waals surface area contributed by atoms with Gasteiger partial charge in [-0.25, -0.2) is 9.78 Å². The van der Waals surface area contributed by atoms with Crippen LogP contribution in [0.4, 0.5) is 4.79 Å². The van der Waals surface area contributed by atoms with Crippen LogP contribution >= 0.6 is 11.6 Å². The number of nitrogens with one attached hydrogen (secondary N) is 1. The third-order valence-corrected chi connectivity index (χ3v) is 1.18. The van der Waals surface area contributed by atoms with Gasteiger partial charge in [-0.15, -0.1) is 0 Å². The average molecular weight is 176 g/mol. The lowest BCUT2D eigenvalue weighted by molar-refractivity contribution is 0.127. The van der Waals surface area contributed by atoms with Crippen molar-refractivity contribution in [3.05, 3.63) is 12.2 Å². The quantitative estimate of drug-likeness (QED) is 0.687. The van der Waals surface area contributed by atoms with Crippen molar-refractivity contribution in [2.24, 2.45) is 0 Å².